The van der Waals surface area contributed by atoms with Gasteiger partial charge in [0.05, 0.1) is 11.7 Å². The Balaban J connectivity index is 2.27. The molecule has 0 aliphatic heterocycles. The fourth-order valence-electron chi connectivity index (χ4n) is 2.36. The van der Waals surface area contributed by atoms with Crippen LogP contribution < -0.4 is 11.5 Å². The van der Waals surface area contributed by atoms with Crippen LogP contribution in [0.15, 0.2) is 33.6 Å². The Morgan fingerprint density at radius 2 is 2.10 bits per heavy atom. The quantitative estimate of drug-likeness (QED) is 0.775. The predicted octanol–water partition coefficient (Wildman–Crippen LogP) is 2.16. The number of hydrogen-bond acceptors (Lipinski definition) is 4. The van der Waals surface area contributed by atoms with Gasteiger partial charge in [-0.25, -0.2) is 4.79 Å². The van der Waals surface area contributed by atoms with Crippen LogP contribution in [0.5, 0.6) is 0 Å². The van der Waals surface area contributed by atoms with E-state index in [1.165, 1.54) is 0 Å². The third kappa shape index (κ3) is 1.72. The molecule has 3 rings (SSSR count). The maximum Gasteiger partial charge on any atom is 0.420 e. The summed E-state index contributed by atoms with van der Waals surface area (Å²) in [6, 6.07) is 5.61. The van der Waals surface area contributed by atoms with Gasteiger partial charge in [-0.05, 0) is 31.5 Å². The van der Waals surface area contributed by atoms with Crippen LogP contribution >= 0.6 is 0 Å². The third-order valence-electron chi connectivity index (χ3n) is 3.42. The van der Waals surface area contributed by atoms with Crippen molar-refractivity contribution in [3.63, 3.8) is 0 Å². The van der Waals surface area contributed by atoms with E-state index in [1.807, 2.05) is 26.0 Å². The molecule has 2 heterocycles. The van der Waals surface area contributed by atoms with E-state index in [4.69, 9.17) is 10.2 Å². The number of fused-ring (bicyclic) bond motifs is 1. The van der Waals surface area contributed by atoms with Crippen molar-refractivity contribution < 1.29 is 4.42 Å². The van der Waals surface area contributed by atoms with Crippen molar-refractivity contribution in [2.75, 3.05) is 5.73 Å². The Hall–Kier alpha value is -2.50. The molecule has 2 N–H and O–H groups in total. The molecule has 0 spiro atoms. The lowest BCUT2D eigenvalue weighted by Crippen LogP contribution is -2.15. The van der Waals surface area contributed by atoms with E-state index in [0.717, 1.165) is 16.6 Å². The fraction of sp³-hybridized carbons (Fsp3) is 0.286. The van der Waals surface area contributed by atoms with Crippen molar-refractivity contribution in [3.8, 4) is 11.1 Å². The maximum absolute atomic E-state index is 11.9. The highest BCUT2D eigenvalue weighted by molar-refractivity contribution is 5.83. The first-order valence-electron chi connectivity index (χ1n) is 6.42. The van der Waals surface area contributed by atoms with Crippen LogP contribution in [-0.2, 0) is 7.05 Å². The number of aromatic nitrogens is 3. The standard InChI is InChI=1S/C14H16N4O2/c1-8(2)18-11-6-9(4-5-12(11)20-14(18)19)10-7-16-17(3)13(10)15/h4-8H,15H2,1-3H3. The van der Waals surface area contributed by atoms with Crippen molar-refractivity contribution in [2.24, 2.45) is 7.05 Å². The van der Waals surface area contributed by atoms with Gasteiger partial charge in [0.15, 0.2) is 5.58 Å². The first kappa shape index (κ1) is 12.5. The van der Waals surface area contributed by atoms with Crippen molar-refractivity contribution in [1.82, 2.24) is 14.3 Å². The lowest BCUT2D eigenvalue weighted by Gasteiger charge is -2.06. The molecule has 0 radical (unpaired) electrons. The molecule has 0 aliphatic rings. The second-order valence-corrected chi connectivity index (χ2v) is 5.08. The van der Waals surface area contributed by atoms with Crippen molar-refractivity contribution >= 4 is 16.9 Å². The topological polar surface area (TPSA) is 79.0 Å². The monoisotopic (exact) mass is 272 g/mol. The normalized spacial score (nSPS) is 11.6. The average Bonchev–Trinajstić information content (AvgIpc) is 2.89. The van der Waals surface area contributed by atoms with E-state index in [9.17, 15) is 4.79 Å². The van der Waals surface area contributed by atoms with Crippen molar-refractivity contribution in [3.05, 3.63) is 34.9 Å². The van der Waals surface area contributed by atoms with Crippen LogP contribution in [0.25, 0.3) is 22.2 Å². The van der Waals surface area contributed by atoms with Gasteiger partial charge in [-0.15, -0.1) is 0 Å². The lowest BCUT2D eigenvalue weighted by atomic mass is 10.1. The molecule has 1 aromatic carbocycles. The molecule has 6 nitrogen and oxygen atoms in total. The first-order valence-corrected chi connectivity index (χ1v) is 6.42. The maximum atomic E-state index is 11.9. The number of oxazole rings is 1. The Morgan fingerprint density at radius 1 is 1.35 bits per heavy atom. The zero-order chi connectivity index (χ0) is 14.4. The van der Waals surface area contributed by atoms with Crippen molar-refractivity contribution in [1.29, 1.82) is 0 Å². The third-order valence-corrected chi connectivity index (χ3v) is 3.42. The molecule has 2 aromatic heterocycles. The summed E-state index contributed by atoms with van der Waals surface area (Å²) >= 11 is 0. The number of nitrogens with two attached hydrogens (primary N) is 1. The predicted molar refractivity (Wildman–Crippen MR) is 77.5 cm³/mol. The highest BCUT2D eigenvalue weighted by Gasteiger charge is 2.14. The minimum Gasteiger partial charge on any atom is -0.408 e. The SMILES string of the molecule is CC(C)n1c(=O)oc2ccc(-c3cnn(C)c3N)cc21. The second-order valence-electron chi connectivity index (χ2n) is 5.08. The van der Waals surface area contributed by atoms with Gasteiger partial charge in [0.1, 0.15) is 5.82 Å². The van der Waals surface area contributed by atoms with E-state index in [2.05, 4.69) is 5.10 Å². The molecule has 0 atom stereocenters. The zero-order valence-corrected chi connectivity index (χ0v) is 11.6. The number of aryl methyl sites for hydroxylation is 1. The van der Waals surface area contributed by atoms with Gasteiger partial charge in [-0.2, -0.15) is 5.10 Å². The van der Waals surface area contributed by atoms with Crippen LogP contribution in [0.3, 0.4) is 0 Å². The van der Waals surface area contributed by atoms with Gasteiger partial charge >= 0.3 is 5.76 Å². The summed E-state index contributed by atoms with van der Waals surface area (Å²) in [5.74, 6) is 0.248. The summed E-state index contributed by atoms with van der Waals surface area (Å²) in [5.41, 5.74) is 9.10. The van der Waals surface area contributed by atoms with Crippen LogP contribution in [0.1, 0.15) is 19.9 Å². The van der Waals surface area contributed by atoms with Gasteiger partial charge in [-0.3, -0.25) is 9.25 Å². The van der Waals surface area contributed by atoms with Gasteiger partial charge in [0, 0.05) is 18.7 Å². The summed E-state index contributed by atoms with van der Waals surface area (Å²) in [6.45, 7) is 3.89. The van der Waals surface area contributed by atoms with E-state index < -0.39 is 0 Å². The summed E-state index contributed by atoms with van der Waals surface area (Å²) in [5, 5.41) is 4.14. The summed E-state index contributed by atoms with van der Waals surface area (Å²) in [4.78, 5) is 11.9. The van der Waals surface area contributed by atoms with Gasteiger partial charge < -0.3 is 10.2 Å². The second kappa shape index (κ2) is 4.26. The van der Waals surface area contributed by atoms with E-state index in [-0.39, 0.29) is 11.8 Å². The van der Waals surface area contributed by atoms with Crippen LogP contribution in [0.4, 0.5) is 5.82 Å². The molecule has 104 valence electrons. The number of nitrogens with zero attached hydrogens (tertiary/aromatic N) is 3. The number of hydrogen-bond donors (Lipinski definition) is 1. The highest BCUT2D eigenvalue weighted by Crippen LogP contribution is 2.28. The largest absolute Gasteiger partial charge is 0.420 e. The molecular weight excluding hydrogens is 256 g/mol. The molecule has 0 saturated carbocycles. The molecule has 0 unspecified atom stereocenters. The van der Waals surface area contributed by atoms with Gasteiger partial charge in [-0.1, -0.05) is 6.07 Å². The summed E-state index contributed by atoms with van der Waals surface area (Å²) in [6.07, 6.45) is 1.72. The van der Waals surface area contributed by atoms with E-state index in [1.54, 1.807) is 28.6 Å². The number of benzene rings is 1. The van der Waals surface area contributed by atoms with Gasteiger partial charge in [0.2, 0.25) is 0 Å². The molecular formula is C14H16N4O2. The van der Waals surface area contributed by atoms with Crippen LogP contribution in [-0.4, -0.2) is 14.3 Å². The van der Waals surface area contributed by atoms with Gasteiger partial charge in [0.25, 0.3) is 0 Å². The molecule has 0 aliphatic carbocycles. The van der Waals surface area contributed by atoms with E-state index in [0.29, 0.717) is 11.4 Å². The molecule has 6 heteroatoms. The minimum absolute atomic E-state index is 0.0326. The molecule has 0 saturated heterocycles. The molecule has 3 aromatic rings. The first-order chi connectivity index (χ1) is 9.49. The average molecular weight is 272 g/mol. The minimum atomic E-state index is -0.341. The molecule has 0 amide bonds. The zero-order valence-electron chi connectivity index (χ0n) is 11.6. The number of rotatable bonds is 2. The molecule has 20 heavy (non-hydrogen) atoms. The molecule has 0 bridgehead atoms. The Bertz CT molecular complexity index is 839. The Morgan fingerprint density at radius 3 is 2.70 bits per heavy atom. The van der Waals surface area contributed by atoms with E-state index >= 15 is 0 Å². The molecule has 0 fully saturated rings. The Labute approximate surface area is 115 Å². The summed E-state index contributed by atoms with van der Waals surface area (Å²) in [7, 11) is 1.79. The highest BCUT2D eigenvalue weighted by atomic mass is 16.4. The van der Waals surface area contributed by atoms with Crippen molar-refractivity contribution in [2.45, 2.75) is 19.9 Å². The van der Waals surface area contributed by atoms with Crippen LogP contribution in [0.2, 0.25) is 0 Å². The Kier molecular flexibility index (Phi) is 2.67. The van der Waals surface area contributed by atoms with Crippen LogP contribution in [0, 0.1) is 0 Å². The number of anilines is 1. The lowest BCUT2D eigenvalue weighted by molar-refractivity contribution is 0.478. The fourth-order valence-corrected chi connectivity index (χ4v) is 2.36. The summed E-state index contributed by atoms with van der Waals surface area (Å²) < 4.78 is 8.49. The number of nitrogen functional groups attached to an aromatic ring is 1. The smallest absolute Gasteiger partial charge is 0.408 e.